The summed E-state index contributed by atoms with van der Waals surface area (Å²) in [6, 6.07) is 7.76. The third-order valence-electron chi connectivity index (χ3n) is 3.94. The number of fused-ring (bicyclic) bond motifs is 1. The molecule has 1 N–H and O–H groups in total. The highest BCUT2D eigenvalue weighted by Crippen LogP contribution is 2.29. The molecule has 2 aromatic carbocycles. The number of rotatable bonds is 6. The maximum Gasteiger partial charge on any atom is 0.375 e. The largest absolute Gasteiger partial charge is 0.494 e. The molecule has 0 aliphatic rings. The van der Waals surface area contributed by atoms with Gasteiger partial charge in [-0.05, 0) is 44.2 Å². The van der Waals surface area contributed by atoms with Crippen LogP contribution in [0.15, 0.2) is 40.8 Å². The second kappa shape index (κ2) is 8.08. The molecule has 146 valence electrons. The molecule has 3 aromatic rings. The van der Waals surface area contributed by atoms with Crippen LogP contribution in [0.1, 0.15) is 23.0 Å². The SMILES string of the molecule is CCOc1ccc2oc(C(=O)OCC(=O)Nc3cc(F)ccc3F)c(C)c2c1. The predicted molar refractivity (Wildman–Crippen MR) is 97.4 cm³/mol. The molecule has 28 heavy (non-hydrogen) atoms. The van der Waals surface area contributed by atoms with Gasteiger partial charge in [0.2, 0.25) is 5.76 Å². The Morgan fingerprint density at radius 1 is 1.14 bits per heavy atom. The van der Waals surface area contributed by atoms with Crippen molar-refractivity contribution in [3.05, 3.63) is 59.4 Å². The topological polar surface area (TPSA) is 77.8 Å². The lowest BCUT2D eigenvalue weighted by Crippen LogP contribution is -2.21. The van der Waals surface area contributed by atoms with Crippen LogP contribution in [-0.4, -0.2) is 25.1 Å². The molecule has 8 heteroatoms. The number of hydrogen-bond donors (Lipinski definition) is 1. The van der Waals surface area contributed by atoms with Crippen LogP contribution in [0.4, 0.5) is 14.5 Å². The smallest absolute Gasteiger partial charge is 0.375 e. The fraction of sp³-hybridized carbons (Fsp3) is 0.200. The van der Waals surface area contributed by atoms with Gasteiger partial charge in [0, 0.05) is 17.0 Å². The molecule has 3 rings (SSSR count). The Labute approximate surface area is 159 Å². The number of aryl methyl sites for hydroxylation is 1. The normalized spacial score (nSPS) is 10.7. The van der Waals surface area contributed by atoms with Gasteiger partial charge in [0.05, 0.1) is 12.3 Å². The summed E-state index contributed by atoms with van der Waals surface area (Å²) >= 11 is 0. The first-order chi connectivity index (χ1) is 13.4. The number of ether oxygens (including phenoxy) is 2. The first-order valence-electron chi connectivity index (χ1n) is 8.47. The van der Waals surface area contributed by atoms with E-state index in [0.29, 0.717) is 28.9 Å². The summed E-state index contributed by atoms with van der Waals surface area (Å²) in [4.78, 5) is 24.1. The van der Waals surface area contributed by atoms with Crippen molar-refractivity contribution in [2.24, 2.45) is 0 Å². The Morgan fingerprint density at radius 3 is 2.68 bits per heavy atom. The number of esters is 1. The molecule has 0 aliphatic heterocycles. The number of carbonyl (C=O) groups excluding carboxylic acids is 2. The third-order valence-corrected chi connectivity index (χ3v) is 3.94. The fourth-order valence-electron chi connectivity index (χ4n) is 2.63. The van der Waals surface area contributed by atoms with Crippen LogP contribution >= 0.6 is 0 Å². The van der Waals surface area contributed by atoms with E-state index in [9.17, 15) is 18.4 Å². The highest BCUT2D eigenvalue weighted by molar-refractivity contribution is 5.98. The average molecular weight is 389 g/mol. The highest BCUT2D eigenvalue weighted by Gasteiger charge is 2.21. The van der Waals surface area contributed by atoms with Crippen LogP contribution in [0.25, 0.3) is 11.0 Å². The maximum absolute atomic E-state index is 13.5. The van der Waals surface area contributed by atoms with Crippen molar-refractivity contribution in [3.8, 4) is 5.75 Å². The molecule has 0 aliphatic carbocycles. The van der Waals surface area contributed by atoms with Crippen molar-refractivity contribution in [1.82, 2.24) is 0 Å². The zero-order valence-electron chi connectivity index (χ0n) is 15.2. The van der Waals surface area contributed by atoms with Crippen LogP contribution in [0.3, 0.4) is 0 Å². The monoisotopic (exact) mass is 389 g/mol. The summed E-state index contributed by atoms with van der Waals surface area (Å²) < 4.78 is 42.5. The van der Waals surface area contributed by atoms with Gasteiger partial charge in [-0.3, -0.25) is 4.79 Å². The van der Waals surface area contributed by atoms with Gasteiger partial charge in [0.15, 0.2) is 6.61 Å². The number of nitrogens with one attached hydrogen (secondary N) is 1. The standard InChI is InChI=1S/C20H17F2NO5/c1-3-26-13-5-7-17-14(9-13)11(2)19(28-17)20(25)27-10-18(24)23-16-8-12(21)4-6-15(16)22/h4-9H,3,10H2,1-2H3,(H,23,24). The fourth-order valence-corrected chi connectivity index (χ4v) is 2.63. The molecule has 0 spiro atoms. The molecular weight excluding hydrogens is 372 g/mol. The van der Waals surface area contributed by atoms with Crippen molar-refractivity contribution < 1.29 is 32.3 Å². The van der Waals surface area contributed by atoms with Crippen molar-refractivity contribution in [1.29, 1.82) is 0 Å². The number of benzene rings is 2. The van der Waals surface area contributed by atoms with Gasteiger partial charge >= 0.3 is 5.97 Å². The minimum absolute atomic E-state index is 0.0478. The predicted octanol–water partition coefficient (Wildman–Crippen LogP) is 4.21. The molecule has 0 saturated heterocycles. The molecule has 0 bridgehead atoms. The molecule has 0 saturated carbocycles. The van der Waals surface area contributed by atoms with E-state index in [-0.39, 0.29) is 11.4 Å². The van der Waals surface area contributed by atoms with Crippen LogP contribution in [-0.2, 0) is 9.53 Å². The summed E-state index contributed by atoms with van der Waals surface area (Å²) in [5, 5.41) is 2.83. The molecule has 1 amide bonds. The summed E-state index contributed by atoms with van der Waals surface area (Å²) in [6.45, 7) is 3.35. The first kappa shape index (κ1) is 19.3. The maximum atomic E-state index is 13.5. The lowest BCUT2D eigenvalue weighted by atomic mass is 10.1. The second-order valence-corrected chi connectivity index (χ2v) is 5.90. The highest BCUT2D eigenvalue weighted by atomic mass is 19.1. The minimum Gasteiger partial charge on any atom is -0.494 e. The van der Waals surface area contributed by atoms with Gasteiger partial charge < -0.3 is 19.2 Å². The molecule has 0 atom stereocenters. The Bertz CT molecular complexity index is 1040. The molecule has 0 fully saturated rings. The number of amides is 1. The molecular formula is C20H17F2NO5. The van der Waals surface area contributed by atoms with Crippen molar-refractivity contribution in [3.63, 3.8) is 0 Å². The number of furan rings is 1. The Morgan fingerprint density at radius 2 is 1.93 bits per heavy atom. The van der Waals surface area contributed by atoms with Gasteiger partial charge in [0.1, 0.15) is 23.0 Å². The van der Waals surface area contributed by atoms with Crippen molar-refractivity contribution >= 4 is 28.5 Å². The summed E-state index contributed by atoms with van der Waals surface area (Å²) in [5.74, 6) is -2.59. The Kier molecular flexibility index (Phi) is 5.58. The van der Waals surface area contributed by atoms with Crippen molar-refractivity contribution in [2.75, 3.05) is 18.5 Å². The molecule has 6 nitrogen and oxygen atoms in total. The summed E-state index contributed by atoms with van der Waals surface area (Å²) in [6.07, 6.45) is 0. The van der Waals surface area contributed by atoms with E-state index in [1.165, 1.54) is 0 Å². The van der Waals surface area contributed by atoms with Crippen molar-refractivity contribution in [2.45, 2.75) is 13.8 Å². The molecule has 0 unspecified atom stereocenters. The van der Waals surface area contributed by atoms with E-state index in [1.807, 2.05) is 6.92 Å². The summed E-state index contributed by atoms with van der Waals surface area (Å²) in [5.41, 5.74) is 0.668. The zero-order valence-corrected chi connectivity index (χ0v) is 15.2. The molecule has 0 radical (unpaired) electrons. The quantitative estimate of drug-likeness (QED) is 0.639. The van der Waals surface area contributed by atoms with Crippen LogP contribution in [0.2, 0.25) is 0 Å². The number of carbonyl (C=O) groups is 2. The van der Waals surface area contributed by atoms with Gasteiger partial charge in [-0.25, -0.2) is 13.6 Å². The number of halogens is 2. The second-order valence-electron chi connectivity index (χ2n) is 5.90. The first-order valence-corrected chi connectivity index (χ1v) is 8.47. The molecule has 1 aromatic heterocycles. The van der Waals surface area contributed by atoms with E-state index in [1.54, 1.807) is 25.1 Å². The van der Waals surface area contributed by atoms with Crippen LogP contribution in [0.5, 0.6) is 5.75 Å². The lowest BCUT2D eigenvalue weighted by Gasteiger charge is -2.07. The van der Waals surface area contributed by atoms with Gasteiger partial charge in [0.25, 0.3) is 5.91 Å². The average Bonchev–Trinajstić information content (AvgIpc) is 2.99. The van der Waals surface area contributed by atoms with E-state index < -0.39 is 30.1 Å². The van der Waals surface area contributed by atoms with E-state index in [2.05, 4.69) is 5.32 Å². The summed E-state index contributed by atoms with van der Waals surface area (Å²) in [7, 11) is 0. The van der Waals surface area contributed by atoms with E-state index >= 15 is 0 Å². The lowest BCUT2D eigenvalue weighted by molar-refractivity contribution is -0.119. The van der Waals surface area contributed by atoms with Gasteiger partial charge in [-0.15, -0.1) is 0 Å². The van der Waals surface area contributed by atoms with Gasteiger partial charge in [-0.1, -0.05) is 0 Å². The van der Waals surface area contributed by atoms with Gasteiger partial charge in [-0.2, -0.15) is 0 Å². The third kappa shape index (κ3) is 4.11. The molecule has 1 heterocycles. The number of anilines is 1. The Hall–Kier alpha value is -3.42. The minimum atomic E-state index is -0.846. The van der Waals surface area contributed by atoms with Crippen LogP contribution in [0, 0.1) is 18.6 Å². The Balaban J connectivity index is 1.68. The van der Waals surface area contributed by atoms with E-state index in [0.717, 1.165) is 18.2 Å². The zero-order chi connectivity index (χ0) is 20.3. The van der Waals surface area contributed by atoms with Crippen LogP contribution < -0.4 is 10.1 Å². The number of hydrogen-bond acceptors (Lipinski definition) is 5. The van der Waals surface area contributed by atoms with E-state index in [4.69, 9.17) is 13.9 Å².